The summed E-state index contributed by atoms with van der Waals surface area (Å²) in [5.41, 5.74) is 2.51. The quantitative estimate of drug-likeness (QED) is 0.735. The molecular weight excluding hydrogens is 365 g/mol. The van der Waals surface area contributed by atoms with Gasteiger partial charge >= 0.3 is 6.03 Å². The number of rotatable bonds is 2. The summed E-state index contributed by atoms with van der Waals surface area (Å²) in [5, 5.41) is 2.90. The molecule has 3 aromatic rings. The predicted molar refractivity (Wildman–Crippen MR) is 99.5 cm³/mol. The fourth-order valence-electron chi connectivity index (χ4n) is 3.53. The topological polar surface area (TPSA) is 76.8 Å². The summed E-state index contributed by atoms with van der Waals surface area (Å²) >= 11 is 0. The molecule has 2 saturated heterocycles. The molecule has 0 saturated carbocycles. The molecule has 3 heterocycles. The van der Waals surface area contributed by atoms with E-state index in [1.54, 1.807) is 35.2 Å². The van der Waals surface area contributed by atoms with Crippen molar-refractivity contribution in [1.82, 2.24) is 9.88 Å². The second kappa shape index (κ2) is 6.88. The van der Waals surface area contributed by atoms with Crippen LogP contribution in [0.2, 0.25) is 0 Å². The van der Waals surface area contributed by atoms with E-state index in [4.69, 9.17) is 13.9 Å². The van der Waals surface area contributed by atoms with Crippen LogP contribution >= 0.6 is 0 Å². The molecule has 0 spiro atoms. The third kappa shape index (κ3) is 3.32. The third-order valence-corrected chi connectivity index (χ3v) is 4.86. The highest BCUT2D eigenvalue weighted by Crippen LogP contribution is 2.27. The Labute approximate surface area is 160 Å². The van der Waals surface area contributed by atoms with Crippen molar-refractivity contribution in [2.75, 3.05) is 31.6 Å². The van der Waals surface area contributed by atoms with Crippen LogP contribution in [0.1, 0.15) is 0 Å². The Morgan fingerprint density at radius 1 is 1.11 bits per heavy atom. The molecule has 0 radical (unpaired) electrons. The molecule has 2 unspecified atom stereocenters. The van der Waals surface area contributed by atoms with E-state index in [-0.39, 0.29) is 24.1 Å². The van der Waals surface area contributed by atoms with E-state index in [0.29, 0.717) is 54.5 Å². The first-order chi connectivity index (χ1) is 13.6. The number of ether oxygens (including phenoxy) is 2. The number of carbonyl (C=O) groups is 1. The Bertz CT molecular complexity index is 1010. The van der Waals surface area contributed by atoms with Gasteiger partial charge in [0.2, 0.25) is 5.89 Å². The zero-order valence-corrected chi connectivity index (χ0v) is 14.9. The van der Waals surface area contributed by atoms with Gasteiger partial charge in [0.05, 0.1) is 38.5 Å². The highest BCUT2D eigenvalue weighted by atomic mass is 19.1. The SMILES string of the molecule is O=C(Nc1ccc2nc(-c3ccc(F)cc3)oc2c1)N1CC2COCC(C1)O2. The van der Waals surface area contributed by atoms with E-state index in [9.17, 15) is 9.18 Å². The number of anilines is 1. The van der Waals surface area contributed by atoms with E-state index < -0.39 is 0 Å². The van der Waals surface area contributed by atoms with E-state index in [2.05, 4.69) is 10.3 Å². The molecule has 2 bridgehead atoms. The molecule has 28 heavy (non-hydrogen) atoms. The van der Waals surface area contributed by atoms with Crippen LogP contribution in [0, 0.1) is 5.82 Å². The fraction of sp³-hybridized carbons (Fsp3) is 0.300. The first kappa shape index (κ1) is 17.2. The lowest BCUT2D eigenvalue weighted by Gasteiger charge is -2.41. The first-order valence-electron chi connectivity index (χ1n) is 9.10. The van der Waals surface area contributed by atoms with Gasteiger partial charge in [-0.05, 0) is 36.4 Å². The van der Waals surface area contributed by atoms with Crippen LogP contribution in [0.25, 0.3) is 22.6 Å². The maximum atomic E-state index is 13.1. The van der Waals surface area contributed by atoms with Crippen molar-refractivity contribution in [1.29, 1.82) is 0 Å². The first-order valence-corrected chi connectivity index (χ1v) is 9.10. The molecule has 1 N–H and O–H groups in total. The van der Waals surface area contributed by atoms with Gasteiger partial charge in [-0.15, -0.1) is 0 Å². The Kier molecular flexibility index (Phi) is 4.22. The molecule has 2 aromatic carbocycles. The third-order valence-electron chi connectivity index (χ3n) is 4.86. The molecular formula is C20H18FN3O4. The molecule has 2 aliphatic heterocycles. The number of nitrogens with one attached hydrogen (secondary N) is 1. The van der Waals surface area contributed by atoms with Gasteiger partial charge in [-0.25, -0.2) is 14.2 Å². The maximum absolute atomic E-state index is 13.1. The number of amides is 2. The Morgan fingerprint density at radius 2 is 1.86 bits per heavy atom. The van der Waals surface area contributed by atoms with Crippen molar-refractivity contribution < 1.29 is 23.1 Å². The number of nitrogens with zero attached hydrogens (tertiary/aromatic N) is 2. The summed E-state index contributed by atoms with van der Waals surface area (Å²) in [6.45, 7) is 2.02. The lowest BCUT2D eigenvalue weighted by Crippen LogP contribution is -2.56. The summed E-state index contributed by atoms with van der Waals surface area (Å²) < 4.78 is 30.1. The summed E-state index contributed by atoms with van der Waals surface area (Å²) in [5.74, 6) is 0.0863. The van der Waals surface area contributed by atoms with E-state index in [0.717, 1.165) is 0 Å². The minimum atomic E-state index is -0.316. The minimum absolute atomic E-state index is 0.0757. The average molecular weight is 383 g/mol. The maximum Gasteiger partial charge on any atom is 0.322 e. The summed E-state index contributed by atoms with van der Waals surface area (Å²) in [6.07, 6.45) is -0.151. The molecule has 2 aliphatic rings. The van der Waals surface area contributed by atoms with E-state index in [1.807, 2.05) is 0 Å². The highest BCUT2D eigenvalue weighted by molar-refractivity contribution is 5.92. The van der Waals surface area contributed by atoms with Crippen molar-refractivity contribution in [2.24, 2.45) is 0 Å². The van der Waals surface area contributed by atoms with Crippen LogP contribution in [0.3, 0.4) is 0 Å². The van der Waals surface area contributed by atoms with Crippen molar-refractivity contribution in [3.63, 3.8) is 0 Å². The fourth-order valence-corrected chi connectivity index (χ4v) is 3.53. The Hall–Kier alpha value is -2.97. The highest BCUT2D eigenvalue weighted by Gasteiger charge is 2.34. The number of benzene rings is 2. The van der Waals surface area contributed by atoms with E-state index >= 15 is 0 Å². The summed E-state index contributed by atoms with van der Waals surface area (Å²) in [7, 11) is 0. The summed E-state index contributed by atoms with van der Waals surface area (Å²) in [6, 6.07) is 11.1. The van der Waals surface area contributed by atoms with Crippen LogP contribution < -0.4 is 5.32 Å². The van der Waals surface area contributed by atoms with Gasteiger partial charge < -0.3 is 24.1 Å². The average Bonchev–Trinajstić information content (AvgIpc) is 3.11. The number of hydrogen-bond acceptors (Lipinski definition) is 5. The van der Waals surface area contributed by atoms with Crippen molar-refractivity contribution in [3.8, 4) is 11.5 Å². The minimum Gasteiger partial charge on any atom is -0.436 e. The molecule has 144 valence electrons. The van der Waals surface area contributed by atoms with Gasteiger partial charge in [0, 0.05) is 17.3 Å². The molecule has 7 nitrogen and oxygen atoms in total. The molecule has 2 fully saturated rings. The number of hydrogen-bond donors (Lipinski definition) is 1. The van der Waals surface area contributed by atoms with Gasteiger partial charge in [0.15, 0.2) is 5.58 Å². The second-order valence-electron chi connectivity index (χ2n) is 6.96. The Morgan fingerprint density at radius 3 is 2.61 bits per heavy atom. The monoisotopic (exact) mass is 383 g/mol. The molecule has 5 rings (SSSR count). The molecule has 1 aromatic heterocycles. The van der Waals surface area contributed by atoms with Crippen LogP contribution in [-0.2, 0) is 9.47 Å². The normalized spacial score (nSPS) is 21.7. The van der Waals surface area contributed by atoms with Crippen LogP contribution in [-0.4, -0.2) is 54.4 Å². The predicted octanol–water partition coefficient (Wildman–Crippen LogP) is 3.27. The van der Waals surface area contributed by atoms with Crippen LogP contribution in [0.15, 0.2) is 46.9 Å². The zero-order chi connectivity index (χ0) is 19.1. The van der Waals surface area contributed by atoms with Gasteiger partial charge in [-0.3, -0.25) is 0 Å². The largest absolute Gasteiger partial charge is 0.436 e. The van der Waals surface area contributed by atoms with Gasteiger partial charge in [0.25, 0.3) is 0 Å². The number of morpholine rings is 1. The smallest absolute Gasteiger partial charge is 0.322 e. The number of fused-ring (bicyclic) bond motifs is 3. The van der Waals surface area contributed by atoms with Crippen LogP contribution in [0.4, 0.5) is 14.9 Å². The van der Waals surface area contributed by atoms with Gasteiger partial charge in [0.1, 0.15) is 11.3 Å². The zero-order valence-electron chi connectivity index (χ0n) is 14.9. The number of oxazole rings is 1. The van der Waals surface area contributed by atoms with Crippen molar-refractivity contribution >= 4 is 22.8 Å². The second-order valence-corrected chi connectivity index (χ2v) is 6.96. The Balaban J connectivity index is 1.33. The van der Waals surface area contributed by atoms with Crippen LogP contribution in [0.5, 0.6) is 0 Å². The molecule has 2 amide bonds. The number of halogens is 1. The van der Waals surface area contributed by atoms with Gasteiger partial charge in [-0.1, -0.05) is 0 Å². The molecule has 0 aliphatic carbocycles. The number of carbonyl (C=O) groups excluding carboxylic acids is 1. The molecule has 2 atom stereocenters. The number of aromatic nitrogens is 1. The van der Waals surface area contributed by atoms with Gasteiger partial charge in [-0.2, -0.15) is 0 Å². The van der Waals surface area contributed by atoms with E-state index in [1.165, 1.54) is 12.1 Å². The standard InChI is InChI=1S/C20H18FN3O4/c21-13-3-1-12(2-4-13)19-23-17-6-5-14(7-18(17)28-19)22-20(25)24-8-15-10-26-11-16(9-24)27-15/h1-7,15-16H,8-11H2,(H,22,25). The lowest BCUT2D eigenvalue weighted by atomic mass is 10.2. The lowest BCUT2D eigenvalue weighted by molar-refractivity contribution is -0.170. The van der Waals surface area contributed by atoms with Crippen molar-refractivity contribution in [2.45, 2.75) is 12.2 Å². The summed E-state index contributed by atoms with van der Waals surface area (Å²) in [4.78, 5) is 18.8. The number of urea groups is 1. The van der Waals surface area contributed by atoms with Crippen molar-refractivity contribution in [3.05, 3.63) is 48.3 Å². The molecule has 8 heteroatoms.